The fourth-order valence-corrected chi connectivity index (χ4v) is 4.88. The first kappa shape index (κ1) is 19.5. The van der Waals surface area contributed by atoms with Gasteiger partial charge in [0.05, 0.1) is 25.6 Å². The maximum atomic E-state index is 13.0. The number of ether oxygens (including phenoxy) is 1. The molecule has 1 aromatic carbocycles. The van der Waals surface area contributed by atoms with Gasteiger partial charge in [0.25, 0.3) is 0 Å². The highest BCUT2D eigenvalue weighted by molar-refractivity contribution is 6.09. The molecule has 0 bridgehead atoms. The molecule has 0 saturated carbocycles. The number of esters is 1. The van der Waals surface area contributed by atoms with E-state index in [1.54, 1.807) is 6.92 Å². The van der Waals surface area contributed by atoms with Crippen molar-refractivity contribution in [1.29, 1.82) is 0 Å². The number of likely N-dealkylation sites (tertiary alicyclic amines) is 1. The predicted molar refractivity (Wildman–Crippen MR) is 97.7 cm³/mol. The molecule has 0 unspecified atom stereocenters. The number of carbonyl (C=O) groups is 3. The quantitative estimate of drug-likeness (QED) is 0.597. The monoisotopic (exact) mass is 374 g/mol. The van der Waals surface area contributed by atoms with Gasteiger partial charge in [-0.25, -0.2) is 4.79 Å². The first-order valence-corrected chi connectivity index (χ1v) is 9.13. The summed E-state index contributed by atoms with van der Waals surface area (Å²) < 4.78 is 4.91. The predicted octanol–water partition coefficient (Wildman–Crippen LogP) is 0.781. The molecule has 2 saturated heterocycles. The first-order chi connectivity index (χ1) is 12.7. The van der Waals surface area contributed by atoms with Gasteiger partial charge in [-0.05, 0) is 44.4 Å². The first-order valence-electron chi connectivity index (χ1n) is 9.13. The lowest BCUT2D eigenvalue weighted by atomic mass is 9.78. The molecule has 7 heteroatoms. The van der Waals surface area contributed by atoms with Crippen molar-refractivity contribution in [2.24, 2.45) is 11.8 Å². The van der Waals surface area contributed by atoms with Crippen molar-refractivity contribution < 1.29 is 24.2 Å². The zero-order valence-corrected chi connectivity index (χ0v) is 16.3. The van der Waals surface area contributed by atoms with Crippen LogP contribution >= 0.6 is 0 Å². The topological polar surface area (TPSA) is 95.9 Å². The van der Waals surface area contributed by atoms with Crippen LogP contribution in [0.5, 0.6) is 0 Å². The van der Waals surface area contributed by atoms with Gasteiger partial charge >= 0.3 is 5.97 Å². The highest BCUT2D eigenvalue weighted by Crippen LogP contribution is 2.50. The van der Waals surface area contributed by atoms with Crippen LogP contribution in [-0.4, -0.2) is 53.6 Å². The van der Waals surface area contributed by atoms with E-state index in [0.717, 1.165) is 22.3 Å². The number of rotatable bonds is 4. The van der Waals surface area contributed by atoms with Crippen molar-refractivity contribution >= 4 is 17.8 Å². The lowest BCUT2D eigenvalue weighted by Crippen LogP contribution is -2.58. The number of aryl methyl sites for hydroxylation is 3. The fraction of sp³-hybridized carbons (Fsp3) is 0.550. The van der Waals surface area contributed by atoms with Crippen LogP contribution in [0.2, 0.25) is 0 Å². The van der Waals surface area contributed by atoms with E-state index < -0.39 is 41.9 Å². The molecule has 0 spiro atoms. The van der Waals surface area contributed by atoms with E-state index in [2.05, 4.69) is 5.32 Å². The van der Waals surface area contributed by atoms with E-state index in [-0.39, 0.29) is 12.5 Å². The number of aliphatic hydroxyl groups excluding tert-OH is 1. The van der Waals surface area contributed by atoms with Crippen LogP contribution in [0.25, 0.3) is 0 Å². The molecule has 2 heterocycles. The van der Waals surface area contributed by atoms with Crippen molar-refractivity contribution in [3.63, 3.8) is 0 Å². The summed E-state index contributed by atoms with van der Waals surface area (Å²) in [5.41, 5.74) is 2.28. The smallest absolute Gasteiger partial charge is 0.329 e. The zero-order chi connectivity index (χ0) is 20.1. The molecule has 146 valence electrons. The second-order valence-electron chi connectivity index (χ2n) is 7.48. The largest absolute Gasteiger partial charge is 0.468 e. The van der Waals surface area contributed by atoms with Crippen molar-refractivity contribution in [2.75, 3.05) is 20.3 Å². The number of imide groups is 1. The number of nitrogens with zero attached hydrogens (tertiary/aromatic N) is 1. The summed E-state index contributed by atoms with van der Waals surface area (Å²) in [6.07, 6.45) is 0. The van der Waals surface area contributed by atoms with Crippen molar-refractivity contribution in [2.45, 2.75) is 39.3 Å². The molecule has 2 fully saturated rings. The Morgan fingerprint density at radius 1 is 1.22 bits per heavy atom. The Kier molecular flexibility index (Phi) is 4.86. The Bertz CT molecular complexity index is 798. The van der Waals surface area contributed by atoms with E-state index in [4.69, 9.17) is 4.74 Å². The number of fused-ring (bicyclic) bond motifs is 1. The average Bonchev–Trinajstić information content (AvgIpc) is 3.08. The highest BCUT2D eigenvalue weighted by atomic mass is 16.5. The van der Waals surface area contributed by atoms with Gasteiger partial charge in [-0.2, -0.15) is 0 Å². The van der Waals surface area contributed by atoms with Crippen LogP contribution < -0.4 is 5.32 Å². The van der Waals surface area contributed by atoms with Crippen molar-refractivity contribution in [3.8, 4) is 0 Å². The molecule has 2 aliphatic rings. The van der Waals surface area contributed by atoms with E-state index in [1.807, 2.05) is 32.9 Å². The molecule has 0 radical (unpaired) electrons. The highest BCUT2D eigenvalue weighted by Gasteiger charge is 2.68. The second-order valence-corrected chi connectivity index (χ2v) is 7.48. The third-order valence-electron chi connectivity index (χ3n) is 5.91. The van der Waals surface area contributed by atoms with Crippen LogP contribution in [0, 0.1) is 32.6 Å². The summed E-state index contributed by atoms with van der Waals surface area (Å²) in [6, 6.07) is 3.46. The molecule has 2 aliphatic heterocycles. The number of benzene rings is 1. The van der Waals surface area contributed by atoms with Crippen LogP contribution in [0.1, 0.15) is 35.2 Å². The summed E-state index contributed by atoms with van der Waals surface area (Å²) in [6.45, 7) is 7.21. The van der Waals surface area contributed by atoms with Crippen LogP contribution in [0.15, 0.2) is 12.1 Å². The average molecular weight is 374 g/mol. The summed E-state index contributed by atoms with van der Waals surface area (Å²) in [7, 11) is 1.21. The number of carbonyl (C=O) groups excluding carboxylic acids is 3. The standard InChI is InChI=1S/C20H26N2O5/c1-6-22-17(24)14-15(18(22)25)20(9-23,19(26)27-5)21-16(14)13-11(3)7-10(2)8-12(13)4/h7-8,14-16,21,23H,6,9H2,1-5H3/t14-,15-,16-,20-/m0/s1. The van der Waals surface area contributed by atoms with Gasteiger partial charge in [0, 0.05) is 12.6 Å². The van der Waals surface area contributed by atoms with Crippen molar-refractivity contribution in [3.05, 3.63) is 34.4 Å². The SMILES string of the molecule is CCN1C(=O)[C@H]2[C@@H](C1=O)[C@@](CO)(C(=O)OC)N[C@H]2c1c(C)cc(C)cc1C. The summed E-state index contributed by atoms with van der Waals surface area (Å²) >= 11 is 0. The second kappa shape index (κ2) is 6.73. The van der Waals surface area contributed by atoms with Gasteiger partial charge in [0.2, 0.25) is 11.8 Å². The van der Waals surface area contributed by atoms with Gasteiger partial charge in [-0.15, -0.1) is 0 Å². The summed E-state index contributed by atoms with van der Waals surface area (Å²) in [5, 5.41) is 13.3. The number of aliphatic hydroxyl groups is 1. The molecule has 0 aliphatic carbocycles. The number of hydrogen-bond acceptors (Lipinski definition) is 6. The van der Waals surface area contributed by atoms with Gasteiger partial charge in [0.1, 0.15) is 0 Å². The maximum absolute atomic E-state index is 13.0. The zero-order valence-electron chi connectivity index (χ0n) is 16.3. The Hall–Kier alpha value is -2.25. The molecule has 1 aromatic rings. The molecule has 0 aromatic heterocycles. The number of hydrogen-bond donors (Lipinski definition) is 2. The third kappa shape index (κ3) is 2.60. The number of methoxy groups -OCH3 is 1. The number of amides is 2. The Balaban J connectivity index is 2.22. The molecule has 3 rings (SSSR count). The summed E-state index contributed by atoms with van der Waals surface area (Å²) in [4.78, 5) is 39.8. The molecule has 4 atom stereocenters. The Labute approximate surface area is 158 Å². The molecule has 2 amide bonds. The minimum absolute atomic E-state index is 0.228. The molecule has 7 nitrogen and oxygen atoms in total. The Morgan fingerprint density at radius 2 is 1.81 bits per heavy atom. The van der Waals surface area contributed by atoms with E-state index in [0.29, 0.717) is 0 Å². The van der Waals surface area contributed by atoms with E-state index in [9.17, 15) is 19.5 Å². The third-order valence-corrected chi connectivity index (χ3v) is 5.91. The van der Waals surface area contributed by atoms with Gasteiger partial charge < -0.3 is 9.84 Å². The number of nitrogens with one attached hydrogen (secondary N) is 1. The van der Waals surface area contributed by atoms with Gasteiger partial charge in [-0.3, -0.25) is 19.8 Å². The fourth-order valence-electron chi connectivity index (χ4n) is 4.88. The molecular formula is C20H26N2O5. The normalized spacial score (nSPS) is 30.0. The van der Waals surface area contributed by atoms with Crippen LogP contribution in [0.3, 0.4) is 0 Å². The van der Waals surface area contributed by atoms with Crippen LogP contribution in [-0.2, 0) is 19.1 Å². The van der Waals surface area contributed by atoms with Gasteiger partial charge in [-0.1, -0.05) is 17.7 Å². The minimum atomic E-state index is -1.63. The lowest BCUT2D eigenvalue weighted by Gasteiger charge is -2.31. The lowest BCUT2D eigenvalue weighted by molar-refractivity contribution is -0.156. The van der Waals surface area contributed by atoms with Crippen molar-refractivity contribution in [1.82, 2.24) is 10.2 Å². The summed E-state index contributed by atoms with van der Waals surface area (Å²) in [5.74, 6) is -3.24. The van der Waals surface area contributed by atoms with Gasteiger partial charge in [0.15, 0.2) is 5.54 Å². The molecular weight excluding hydrogens is 348 g/mol. The van der Waals surface area contributed by atoms with Crippen LogP contribution in [0.4, 0.5) is 0 Å². The molecule has 27 heavy (non-hydrogen) atoms. The van der Waals surface area contributed by atoms with E-state index >= 15 is 0 Å². The Morgan fingerprint density at radius 3 is 2.30 bits per heavy atom. The minimum Gasteiger partial charge on any atom is -0.468 e. The molecule has 2 N–H and O–H groups in total. The maximum Gasteiger partial charge on any atom is 0.329 e. The van der Waals surface area contributed by atoms with E-state index in [1.165, 1.54) is 12.0 Å².